The largest absolute Gasteiger partial charge is 0.462 e. The van der Waals surface area contributed by atoms with Crippen LogP contribution in [-0.2, 0) is 19.1 Å². The second-order valence-corrected chi connectivity index (χ2v) is 7.47. The summed E-state index contributed by atoms with van der Waals surface area (Å²) in [6.45, 7) is 7.38. The summed E-state index contributed by atoms with van der Waals surface area (Å²) in [6, 6.07) is 0. The minimum absolute atomic E-state index is 0.364. The Balaban J connectivity index is 2.33. The Morgan fingerprint density at radius 3 is 2.26 bits per heavy atom. The smallest absolute Gasteiger partial charge is 0.338 e. The maximum absolute atomic E-state index is 12.3. The SMILES string of the molecule is CCCCOC(=O)C1=CC(C(=O)OCCCCCCCC(C)C)=CCC=C1. The second kappa shape index (κ2) is 14.2. The molecule has 0 saturated heterocycles. The number of allylic oxidation sites excluding steroid dienone is 2. The van der Waals surface area contributed by atoms with E-state index in [1.165, 1.54) is 25.7 Å². The van der Waals surface area contributed by atoms with Gasteiger partial charge in [0.2, 0.25) is 0 Å². The van der Waals surface area contributed by atoms with Crippen LogP contribution < -0.4 is 0 Å². The quantitative estimate of drug-likeness (QED) is 0.306. The number of hydrogen-bond acceptors (Lipinski definition) is 4. The zero-order valence-corrected chi connectivity index (χ0v) is 17.3. The van der Waals surface area contributed by atoms with E-state index in [0.717, 1.165) is 31.6 Å². The lowest BCUT2D eigenvalue weighted by atomic mass is 10.0. The van der Waals surface area contributed by atoms with Crippen molar-refractivity contribution in [2.24, 2.45) is 5.92 Å². The summed E-state index contributed by atoms with van der Waals surface area (Å²) in [4.78, 5) is 24.4. The van der Waals surface area contributed by atoms with E-state index in [4.69, 9.17) is 9.47 Å². The first-order valence-electron chi connectivity index (χ1n) is 10.5. The second-order valence-electron chi connectivity index (χ2n) is 7.47. The predicted molar refractivity (Wildman–Crippen MR) is 109 cm³/mol. The van der Waals surface area contributed by atoms with Gasteiger partial charge in [0.05, 0.1) is 24.4 Å². The highest BCUT2D eigenvalue weighted by molar-refractivity contribution is 5.98. The third kappa shape index (κ3) is 10.8. The van der Waals surface area contributed by atoms with Gasteiger partial charge in [-0.3, -0.25) is 0 Å². The van der Waals surface area contributed by atoms with Gasteiger partial charge >= 0.3 is 11.9 Å². The lowest BCUT2D eigenvalue weighted by Gasteiger charge is -2.07. The Morgan fingerprint density at radius 1 is 0.926 bits per heavy atom. The lowest BCUT2D eigenvalue weighted by molar-refractivity contribution is -0.139. The molecule has 0 aromatic rings. The maximum atomic E-state index is 12.3. The third-order valence-corrected chi connectivity index (χ3v) is 4.44. The predicted octanol–water partition coefficient (Wildman–Crippen LogP) is 5.68. The van der Waals surface area contributed by atoms with Gasteiger partial charge in [0.25, 0.3) is 0 Å². The molecular formula is C23H36O4. The van der Waals surface area contributed by atoms with E-state index >= 15 is 0 Å². The molecule has 0 N–H and O–H groups in total. The van der Waals surface area contributed by atoms with Crippen LogP contribution in [0.2, 0.25) is 0 Å². The zero-order chi connectivity index (χ0) is 19.9. The molecule has 0 amide bonds. The van der Waals surface area contributed by atoms with Crippen molar-refractivity contribution in [3.05, 3.63) is 35.5 Å². The van der Waals surface area contributed by atoms with Gasteiger partial charge in [0.1, 0.15) is 0 Å². The van der Waals surface area contributed by atoms with Crippen molar-refractivity contribution >= 4 is 11.9 Å². The van der Waals surface area contributed by atoms with Crippen molar-refractivity contribution in [1.82, 2.24) is 0 Å². The Kier molecular flexibility index (Phi) is 12.2. The van der Waals surface area contributed by atoms with E-state index in [1.807, 2.05) is 13.0 Å². The molecule has 0 aromatic heterocycles. The summed E-state index contributed by atoms with van der Waals surface area (Å²) < 4.78 is 10.6. The van der Waals surface area contributed by atoms with Crippen molar-refractivity contribution in [2.45, 2.75) is 78.6 Å². The fourth-order valence-corrected chi connectivity index (χ4v) is 2.76. The monoisotopic (exact) mass is 376 g/mol. The fourth-order valence-electron chi connectivity index (χ4n) is 2.76. The average Bonchev–Trinajstić information content (AvgIpc) is 2.90. The van der Waals surface area contributed by atoms with Crippen LogP contribution in [0.5, 0.6) is 0 Å². The molecule has 0 saturated carbocycles. The Hall–Kier alpha value is -1.84. The molecule has 0 aromatic carbocycles. The minimum atomic E-state index is -0.387. The first-order chi connectivity index (χ1) is 13.0. The summed E-state index contributed by atoms with van der Waals surface area (Å²) in [5.74, 6) is 0.0224. The Morgan fingerprint density at radius 2 is 1.56 bits per heavy atom. The molecule has 0 bridgehead atoms. The van der Waals surface area contributed by atoms with Gasteiger partial charge in [-0.05, 0) is 31.3 Å². The summed E-state index contributed by atoms with van der Waals surface area (Å²) in [6.07, 6.45) is 16.3. The molecule has 27 heavy (non-hydrogen) atoms. The molecular weight excluding hydrogens is 340 g/mol. The standard InChI is InChI=1S/C23H36O4/c1-4-5-16-26-22(24)20-14-10-11-15-21(18-20)23(25)27-17-12-8-6-7-9-13-19(2)3/h10,14-15,18-19H,4-9,11-13,16-17H2,1-3H3. The lowest BCUT2D eigenvalue weighted by Crippen LogP contribution is -2.11. The number of ether oxygens (including phenoxy) is 2. The fraction of sp³-hybridized carbons (Fsp3) is 0.652. The summed E-state index contributed by atoms with van der Waals surface area (Å²) in [7, 11) is 0. The first-order valence-corrected chi connectivity index (χ1v) is 10.5. The van der Waals surface area contributed by atoms with Gasteiger partial charge in [0, 0.05) is 0 Å². The van der Waals surface area contributed by atoms with Crippen LogP contribution in [0, 0.1) is 5.92 Å². The molecule has 152 valence electrons. The zero-order valence-electron chi connectivity index (χ0n) is 17.3. The molecule has 1 aliphatic rings. The van der Waals surface area contributed by atoms with Crippen molar-refractivity contribution in [3.63, 3.8) is 0 Å². The van der Waals surface area contributed by atoms with Crippen LogP contribution in [0.3, 0.4) is 0 Å². The molecule has 0 aliphatic heterocycles. The van der Waals surface area contributed by atoms with Gasteiger partial charge in [-0.2, -0.15) is 0 Å². The number of unbranched alkanes of at least 4 members (excludes halogenated alkanes) is 5. The molecule has 0 atom stereocenters. The summed E-state index contributed by atoms with van der Waals surface area (Å²) in [5.41, 5.74) is 0.830. The molecule has 4 heteroatoms. The van der Waals surface area contributed by atoms with Crippen molar-refractivity contribution in [3.8, 4) is 0 Å². The van der Waals surface area contributed by atoms with Crippen LogP contribution in [0.1, 0.15) is 78.6 Å². The first kappa shape index (κ1) is 23.2. The van der Waals surface area contributed by atoms with Crippen LogP contribution in [0.25, 0.3) is 0 Å². The number of rotatable bonds is 13. The van der Waals surface area contributed by atoms with Gasteiger partial charge < -0.3 is 9.47 Å². The van der Waals surface area contributed by atoms with Crippen molar-refractivity contribution < 1.29 is 19.1 Å². The Bertz CT molecular complexity index is 541. The van der Waals surface area contributed by atoms with Gasteiger partial charge in [-0.15, -0.1) is 0 Å². The van der Waals surface area contributed by atoms with E-state index in [9.17, 15) is 9.59 Å². The minimum Gasteiger partial charge on any atom is -0.462 e. The van der Waals surface area contributed by atoms with E-state index in [1.54, 1.807) is 18.2 Å². The maximum Gasteiger partial charge on any atom is 0.338 e. The Labute approximate surface area is 164 Å². The van der Waals surface area contributed by atoms with Gasteiger partial charge in [-0.1, -0.05) is 77.5 Å². The number of carbonyl (C=O) groups is 2. The molecule has 1 aliphatic carbocycles. The highest BCUT2D eigenvalue weighted by atomic mass is 16.5. The third-order valence-electron chi connectivity index (χ3n) is 4.44. The number of hydrogen-bond donors (Lipinski definition) is 0. The molecule has 0 unspecified atom stereocenters. The normalized spacial score (nSPS) is 13.8. The van der Waals surface area contributed by atoms with Crippen molar-refractivity contribution in [2.75, 3.05) is 13.2 Å². The van der Waals surface area contributed by atoms with Gasteiger partial charge in [0.15, 0.2) is 0 Å². The highest BCUT2D eigenvalue weighted by Crippen LogP contribution is 2.15. The van der Waals surface area contributed by atoms with Crippen LogP contribution in [0.15, 0.2) is 35.5 Å². The molecule has 0 heterocycles. The number of carbonyl (C=O) groups excluding carboxylic acids is 2. The molecule has 1 rings (SSSR count). The highest BCUT2D eigenvalue weighted by Gasteiger charge is 2.15. The molecule has 4 nitrogen and oxygen atoms in total. The summed E-state index contributed by atoms with van der Waals surface area (Å²) in [5, 5.41) is 0. The van der Waals surface area contributed by atoms with Crippen LogP contribution in [-0.4, -0.2) is 25.2 Å². The van der Waals surface area contributed by atoms with Crippen molar-refractivity contribution in [1.29, 1.82) is 0 Å². The summed E-state index contributed by atoms with van der Waals surface area (Å²) >= 11 is 0. The van der Waals surface area contributed by atoms with E-state index in [2.05, 4.69) is 13.8 Å². The number of esters is 2. The topological polar surface area (TPSA) is 52.6 Å². The van der Waals surface area contributed by atoms with Gasteiger partial charge in [-0.25, -0.2) is 9.59 Å². The average molecular weight is 377 g/mol. The van der Waals surface area contributed by atoms with E-state index in [-0.39, 0.29) is 11.9 Å². The molecule has 0 spiro atoms. The van der Waals surface area contributed by atoms with Crippen LogP contribution in [0.4, 0.5) is 0 Å². The van der Waals surface area contributed by atoms with E-state index < -0.39 is 0 Å². The van der Waals surface area contributed by atoms with E-state index in [0.29, 0.717) is 30.8 Å². The molecule has 0 radical (unpaired) electrons. The van der Waals surface area contributed by atoms with Crippen LogP contribution >= 0.6 is 0 Å². The molecule has 0 fully saturated rings.